The van der Waals surface area contributed by atoms with Crippen molar-refractivity contribution in [1.82, 2.24) is 0 Å². The van der Waals surface area contributed by atoms with Gasteiger partial charge in [0.15, 0.2) is 0 Å². The van der Waals surface area contributed by atoms with Gasteiger partial charge in [0, 0.05) is 5.56 Å². The number of rotatable bonds is 3. The second-order valence-corrected chi connectivity index (χ2v) is 10.1. The van der Waals surface area contributed by atoms with Gasteiger partial charge in [0.2, 0.25) is 0 Å². The zero-order valence-corrected chi connectivity index (χ0v) is 17.8. The van der Waals surface area contributed by atoms with E-state index in [0.717, 1.165) is 5.56 Å². The minimum absolute atomic E-state index is 0.344. The van der Waals surface area contributed by atoms with Crippen LogP contribution in [0.2, 0.25) is 0 Å². The van der Waals surface area contributed by atoms with E-state index in [2.05, 4.69) is 97.1 Å². The van der Waals surface area contributed by atoms with E-state index in [1.807, 2.05) is 18.2 Å². The summed E-state index contributed by atoms with van der Waals surface area (Å²) in [5, 5.41) is 14.8. The molecule has 2 bridgehead atoms. The lowest BCUT2D eigenvalue weighted by Crippen LogP contribution is -2.36. The number of hydrogen-bond acceptors (Lipinski definition) is 1. The molecule has 0 aromatic heterocycles. The molecule has 3 heterocycles. The standard InChI is InChI=1S/C29H21OP/c30-25-17-9-7-15-23(25)28-20-29(22-13-5-2-6-14-22)19-27(21-11-3-1-4-12-21)31(28)26-18-10-8-16-24(26)29/h1-20,30H. The van der Waals surface area contributed by atoms with Crippen LogP contribution in [0.3, 0.4) is 0 Å². The molecule has 3 aliphatic heterocycles. The van der Waals surface area contributed by atoms with Crippen LogP contribution in [-0.4, -0.2) is 5.11 Å². The van der Waals surface area contributed by atoms with Gasteiger partial charge in [0.1, 0.15) is 5.75 Å². The molecule has 4 aromatic rings. The van der Waals surface area contributed by atoms with Crippen molar-refractivity contribution in [2.75, 3.05) is 0 Å². The predicted molar refractivity (Wildman–Crippen MR) is 131 cm³/mol. The number of aromatic hydroxyl groups is 1. The highest BCUT2D eigenvalue weighted by atomic mass is 31.1. The van der Waals surface area contributed by atoms with Crippen LogP contribution < -0.4 is 5.30 Å². The fraction of sp³-hybridized carbons (Fsp3) is 0.0345. The molecule has 2 heteroatoms. The van der Waals surface area contributed by atoms with Crippen molar-refractivity contribution in [3.8, 4) is 5.75 Å². The summed E-state index contributed by atoms with van der Waals surface area (Å²) in [5.74, 6) is 0.344. The highest BCUT2D eigenvalue weighted by Gasteiger charge is 2.46. The van der Waals surface area contributed by atoms with Crippen molar-refractivity contribution in [3.05, 3.63) is 144 Å². The third kappa shape index (κ3) is 2.74. The van der Waals surface area contributed by atoms with Crippen molar-refractivity contribution in [2.24, 2.45) is 0 Å². The maximum atomic E-state index is 10.8. The maximum Gasteiger partial charge on any atom is 0.123 e. The number of benzene rings is 4. The lowest BCUT2D eigenvalue weighted by atomic mass is 9.72. The molecule has 1 nitrogen and oxygen atoms in total. The third-order valence-electron chi connectivity index (χ3n) is 6.30. The number of allylic oxidation sites excluding steroid dienone is 2. The van der Waals surface area contributed by atoms with Crippen LogP contribution in [0.4, 0.5) is 0 Å². The molecule has 0 spiro atoms. The smallest absolute Gasteiger partial charge is 0.123 e. The van der Waals surface area contributed by atoms with E-state index in [9.17, 15) is 5.11 Å². The fourth-order valence-corrected chi connectivity index (χ4v) is 7.93. The highest BCUT2D eigenvalue weighted by Crippen LogP contribution is 2.70. The number of phenolic OH excluding ortho intramolecular Hbond substituents is 1. The van der Waals surface area contributed by atoms with Crippen molar-refractivity contribution < 1.29 is 5.11 Å². The quantitative estimate of drug-likeness (QED) is 0.360. The van der Waals surface area contributed by atoms with Crippen LogP contribution in [0, 0.1) is 0 Å². The molecule has 0 radical (unpaired) electrons. The van der Waals surface area contributed by atoms with Gasteiger partial charge in [-0.25, -0.2) is 0 Å². The van der Waals surface area contributed by atoms with E-state index < -0.39 is 7.92 Å². The second kappa shape index (κ2) is 7.08. The summed E-state index contributed by atoms with van der Waals surface area (Å²) in [6, 6.07) is 38.0. The summed E-state index contributed by atoms with van der Waals surface area (Å²) in [7, 11) is -0.775. The normalized spacial score (nSPS) is 21.2. The molecular weight excluding hydrogens is 395 g/mol. The van der Waals surface area contributed by atoms with Gasteiger partial charge in [-0.05, 0) is 46.6 Å². The molecule has 7 rings (SSSR count). The van der Waals surface area contributed by atoms with Crippen LogP contribution in [-0.2, 0) is 5.41 Å². The Morgan fingerprint density at radius 2 is 1.19 bits per heavy atom. The topological polar surface area (TPSA) is 20.2 Å². The van der Waals surface area contributed by atoms with Gasteiger partial charge < -0.3 is 5.11 Å². The lowest BCUT2D eigenvalue weighted by molar-refractivity contribution is 0.474. The van der Waals surface area contributed by atoms with E-state index >= 15 is 0 Å². The summed E-state index contributed by atoms with van der Waals surface area (Å²) in [6.07, 6.45) is 4.87. The minimum Gasteiger partial charge on any atom is -0.507 e. The summed E-state index contributed by atoms with van der Waals surface area (Å²) >= 11 is 0. The van der Waals surface area contributed by atoms with E-state index in [0.29, 0.717) is 5.75 Å². The van der Waals surface area contributed by atoms with E-state index in [1.165, 1.54) is 32.6 Å². The second-order valence-electron chi connectivity index (χ2n) is 8.03. The van der Waals surface area contributed by atoms with Crippen molar-refractivity contribution >= 4 is 23.9 Å². The summed E-state index contributed by atoms with van der Waals surface area (Å²) < 4.78 is 0. The van der Waals surface area contributed by atoms with E-state index in [1.54, 1.807) is 6.07 Å². The van der Waals surface area contributed by atoms with Gasteiger partial charge in [-0.2, -0.15) is 0 Å². The van der Waals surface area contributed by atoms with Gasteiger partial charge in [0.25, 0.3) is 0 Å². The first kappa shape index (κ1) is 18.4. The first-order valence-electron chi connectivity index (χ1n) is 10.5. The number of para-hydroxylation sites is 1. The maximum absolute atomic E-state index is 10.8. The van der Waals surface area contributed by atoms with Crippen LogP contribution in [0.25, 0.3) is 10.6 Å². The Hall–Kier alpha value is -3.41. The van der Waals surface area contributed by atoms with Crippen molar-refractivity contribution in [1.29, 1.82) is 0 Å². The molecule has 148 valence electrons. The van der Waals surface area contributed by atoms with Crippen LogP contribution in [0.1, 0.15) is 22.3 Å². The molecular formula is C29H21OP. The molecule has 2 atom stereocenters. The van der Waals surface area contributed by atoms with E-state index in [4.69, 9.17) is 0 Å². The lowest BCUT2D eigenvalue weighted by Gasteiger charge is -2.46. The Labute approximate surface area is 183 Å². The average molecular weight is 416 g/mol. The summed E-state index contributed by atoms with van der Waals surface area (Å²) in [6.45, 7) is 0. The number of hydrogen-bond donors (Lipinski definition) is 1. The van der Waals surface area contributed by atoms with Gasteiger partial charge >= 0.3 is 0 Å². The molecule has 0 fully saturated rings. The molecule has 31 heavy (non-hydrogen) atoms. The monoisotopic (exact) mass is 416 g/mol. The molecule has 0 amide bonds. The third-order valence-corrected chi connectivity index (χ3v) is 8.89. The molecule has 4 aromatic carbocycles. The summed E-state index contributed by atoms with van der Waals surface area (Å²) in [5.41, 5.74) is 4.43. The molecule has 0 aliphatic carbocycles. The van der Waals surface area contributed by atoms with Crippen LogP contribution >= 0.6 is 7.92 Å². The Morgan fingerprint density at radius 3 is 1.97 bits per heavy atom. The SMILES string of the molecule is Oc1ccccc1C1=CC2(c3ccccc3)C=C(c3ccccc3)P1c1ccccc12. The Kier molecular flexibility index (Phi) is 4.19. The van der Waals surface area contributed by atoms with E-state index in [-0.39, 0.29) is 5.41 Å². The Balaban J connectivity index is 1.72. The van der Waals surface area contributed by atoms with Gasteiger partial charge in [-0.15, -0.1) is 0 Å². The Morgan fingerprint density at radius 1 is 0.581 bits per heavy atom. The van der Waals surface area contributed by atoms with Gasteiger partial charge in [0.05, 0.1) is 5.41 Å². The van der Waals surface area contributed by atoms with Crippen molar-refractivity contribution in [2.45, 2.75) is 5.41 Å². The zero-order valence-electron chi connectivity index (χ0n) is 16.9. The summed E-state index contributed by atoms with van der Waals surface area (Å²) in [4.78, 5) is 0. The molecule has 1 N–H and O–H groups in total. The minimum atomic E-state index is -0.775. The van der Waals surface area contributed by atoms with Crippen molar-refractivity contribution in [3.63, 3.8) is 0 Å². The predicted octanol–water partition coefficient (Wildman–Crippen LogP) is 6.89. The Bertz CT molecular complexity index is 1340. The first-order chi connectivity index (χ1) is 15.3. The molecule has 0 saturated heterocycles. The average Bonchev–Trinajstić information content (AvgIpc) is 2.85. The molecule has 0 saturated carbocycles. The molecule has 3 aliphatic rings. The highest BCUT2D eigenvalue weighted by molar-refractivity contribution is 7.84. The van der Waals surface area contributed by atoms with Crippen LogP contribution in [0.5, 0.6) is 5.75 Å². The first-order valence-corrected chi connectivity index (χ1v) is 11.9. The zero-order chi connectivity index (χ0) is 20.8. The fourth-order valence-electron chi connectivity index (χ4n) is 4.91. The largest absolute Gasteiger partial charge is 0.507 e. The van der Waals surface area contributed by atoms with Gasteiger partial charge in [-0.3, -0.25) is 0 Å². The van der Waals surface area contributed by atoms with Gasteiger partial charge in [-0.1, -0.05) is 115 Å². The van der Waals surface area contributed by atoms with Crippen LogP contribution in [0.15, 0.2) is 121 Å². The molecule has 2 unspecified atom stereocenters. The number of phenols is 1.